The summed E-state index contributed by atoms with van der Waals surface area (Å²) in [7, 11) is 0. The van der Waals surface area contributed by atoms with Crippen LogP contribution < -0.4 is 11.5 Å². The van der Waals surface area contributed by atoms with E-state index in [1.807, 2.05) is 48.5 Å². The van der Waals surface area contributed by atoms with Crippen molar-refractivity contribution >= 4 is 33.9 Å². The van der Waals surface area contributed by atoms with E-state index in [2.05, 4.69) is 9.97 Å². The molecule has 2 aromatic carbocycles. The molecule has 0 spiro atoms. The van der Waals surface area contributed by atoms with Gasteiger partial charge in [0.05, 0.1) is 22.1 Å². The Morgan fingerprint density at radius 2 is 1.17 bits per heavy atom. The number of hydrogen-bond acceptors (Lipinski definition) is 5. The van der Waals surface area contributed by atoms with E-state index in [1.165, 1.54) is 0 Å². The number of primary amides is 2. The van der Waals surface area contributed by atoms with Gasteiger partial charge in [-0.15, -0.1) is 0 Å². The van der Waals surface area contributed by atoms with Crippen LogP contribution in [0.3, 0.4) is 0 Å². The zero-order valence-corrected chi connectivity index (χ0v) is 15.6. The van der Waals surface area contributed by atoms with Gasteiger partial charge in [-0.05, 0) is 24.3 Å². The molecule has 0 saturated heterocycles. The maximum atomic E-state index is 11.5. The number of aromatic nitrogens is 4. The molecule has 0 saturated carbocycles. The summed E-state index contributed by atoms with van der Waals surface area (Å²) in [6.45, 7) is 0.336. The van der Waals surface area contributed by atoms with E-state index < -0.39 is 11.8 Å². The number of hydrogen-bond donors (Lipinski definition) is 2. The van der Waals surface area contributed by atoms with Gasteiger partial charge in [0.2, 0.25) is 11.8 Å². The zero-order chi connectivity index (χ0) is 20.4. The molecule has 4 rings (SSSR count). The molecule has 0 aliphatic rings. The topological polar surface area (TPSA) is 131 Å². The standard InChI is InChI=1S/C20H20N6O3/c21-17(27)9-25-15-7-3-1-5-13(15)23-19(25)11-29-12-20-24-14-6-2-4-8-16(14)26(20)10-18(22)28/h1-8H,9-12H2,(H2,21,27)(H2,22,28). The number of carbonyl (C=O) groups is 2. The fourth-order valence-electron chi connectivity index (χ4n) is 3.37. The Labute approximate surface area is 165 Å². The Balaban J connectivity index is 1.58. The SMILES string of the molecule is NC(=O)Cn1c(COCc2nc3ccccc3n2CC(N)=O)nc2ccccc21. The summed E-state index contributed by atoms with van der Waals surface area (Å²) in [6.07, 6.45) is 0. The molecular weight excluding hydrogens is 372 g/mol. The van der Waals surface area contributed by atoms with Crippen molar-refractivity contribution in [3.63, 3.8) is 0 Å². The van der Waals surface area contributed by atoms with Crippen LogP contribution in [-0.2, 0) is 40.6 Å². The molecule has 0 fully saturated rings. The van der Waals surface area contributed by atoms with Gasteiger partial charge in [0, 0.05) is 0 Å². The van der Waals surface area contributed by atoms with Crippen LogP contribution in [0.25, 0.3) is 22.1 Å². The second kappa shape index (κ2) is 7.72. The molecule has 2 aromatic heterocycles. The third-order valence-electron chi connectivity index (χ3n) is 4.56. The van der Waals surface area contributed by atoms with Gasteiger partial charge in [-0.3, -0.25) is 9.59 Å². The Bertz CT molecular complexity index is 1120. The largest absolute Gasteiger partial charge is 0.368 e. The van der Waals surface area contributed by atoms with Crippen molar-refractivity contribution in [2.24, 2.45) is 11.5 Å². The molecule has 0 aliphatic carbocycles. The van der Waals surface area contributed by atoms with E-state index in [0.29, 0.717) is 11.6 Å². The summed E-state index contributed by atoms with van der Waals surface area (Å²) in [5, 5.41) is 0. The van der Waals surface area contributed by atoms with Crippen LogP contribution in [0.1, 0.15) is 11.6 Å². The van der Waals surface area contributed by atoms with Gasteiger partial charge < -0.3 is 25.3 Å². The lowest BCUT2D eigenvalue weighted by Crippen LogP contribution is -2.21. The molecular formula is C20H20N6O3. The van der Waals surface area contributed by atoms with Gasteiger partial charge in [-0.2, -0.15) is 0 Å². The van der Waals surface area contributed by atoms with Gasteiger partial charge in [0.25, 0.3) is 0 Å². The first-order valence-corrected chi connectivity index (χ1v) is 9.05. The van der Waals surface area contributed by atoms with Gasteiger partial charge in [-0.1, -0.05) is 24.3 Å². The van der Waals surface area contributed by atoms with E-state index >= 15 is 0 Å². The Hall–Kier alpha value is -3.72. The maximum absolute atomic E-state index is 11.5. The minimum atomic E-state index is -0.461. The fourth-order valence-corrected chi connectivity index (χ4v) is 3.37. The Kier molecular flexibility index (Phi) is 4.96. The van der Waals surface area contributed by atoms with Crippen LogP contribution in [0, 0.1) is 0 Å². The summed E-state index contributed by atoms with van der Waals surface area (Å²) >= 11 is 0. The van der Waals surface area contributed by atoms with Crippen LogP contribution in [0.15, 0.2) is 48.5 Å². The molecule has 0 radical (unpaired) electrons. The number of benzene rings is 2. The van der Waals surface area contributed by atoms with E-state index in [0.717, 1.165) is 22.1 Å². The predicted octanol–water partition coefficient (Wildman–Crippen LogP) is 1.07. The molecule has 148 valence electrons. The Morgan fingerprint density at radius 1 is 0.759 bits per heavy atom. The minimum absolute atomic E-state index is 0.0133. The number of carbonyl (C=O) groups excluding carboxylic acids is 2. The van der Waals surface area contributed by atoms with Gasteiger partial charge in [0.1, 0.15) is 38.0 Å². The number of para-hydroxylation sites is 4. The van der Waals surface area contributed by atoms with E-state index in [9.17, 15) is 9.59 Å². The molecule has 0 bridgehead atoms. The number of nitrogens with zero attached hydrogens (tertiary/aromatic N) is 4. The van der Waals surface area contributed by atoms with Gasteiger partial charge >= 0.3 is 0 Å². The van der Waals surface area contributed by atoms with Crippen LogP contribution in [0.4, 0.5) is 0 Å². The van der Waals surface area contributed by atoms with Gasteiger partial charge in [0.15, 0.2) is 0 Å². The van der Waals surface area contributed by atoms with E-state index in [1.54, 1.807) is 9.13 Å². The molecule has 4 N–H and O–H groups in total. The van der Waals surface area contributed by atoms with Crippen molar-refractivity contribution < 1.29 is 14.3 Å². The number of imidazole rings is 2. The number of nitrogens with two attached hydrogens (primary N) is 2. The summed E-state index contributed by atoms with van der Waals surface area (Å²) in [5.41, 5.74) is 13.9. The molecule has 0 aliphatic heterocycles. The van der Waals surface area contributed by atoms with Crippen molar-refractivity contribution in [2.45, 2.75) is 26.3 Å². The Morgan fingerprint density at radius 3 is 1.59 bits per heavy atom. The lowest BCUT2D eigenvalue weighted by atomic mass is 10.3. The molecule has 29 heavy (non-hydrogen) atoms. The molecule has 2 amide bonds. The van der Waals surface area contributed by atoms with Crippen LogP contribution in [0.2, 0.25) is 0 Å². The van der Waals surface area contributed by atoms with Crippen molar-refractivity contribution in [3.8, 4) is 0 Å². The highest BCUT2D eigenvalue weighted by molar-refractivity contribution is 5.81. The van der Waals surface area contributed by atoms with Crippen LogP contribution >= 0.6 is 0 Å². The van der Waals surface area contributed by atoms with Crippen molar-refractivity contribution in [1.29, 1.82) is 0 Å². The number of ether oxygens (including phenoxy) is 1. The van der Waals surface area contributed by atoms with Crippen LogP contribution in [-0.4, -0.2) is 30.9 Å². The normalized spacial score (nSPS) is 11.3. The highest BCUT2D eigenvalue weighted by atomic mass is 16.5. The molecule has 2 heterocycles. The average molecular weight is 392 g/mol. The number of fused-ring (bicyclic) bond motifs is 2. The zero-order valence-electron chi connectivity index (χ0n) is 15.6. The minimum Gasteiger partial charge on any atom is -0.368 e. The van der Waals surface area contributed by atoms with Crippen molar-refractivity contribution in [1.82, 2.24) is 19.1 Å². The summed E-state index contributed by atoms with van der Waals surface area (Å²) in [4.78, 5) is 32.0. The van der Waals surface area contributed by atoms with Crippen molar-refractivity contribution in [2.75, 3.05) is 0 Å². The second-order valence-corrected chi connectivity index (χ2v) is 6.63. The van der Waals surface area contributed by atoms with Gasteiger partial charge in [-0.25, -0.2) is 9.97 Å². The third-order valence-corrected chi connectivity index (χ3v) is 4.56. The first kappa shape index (κ1) is 18.6. The second-order valence-electron chi connectivity index (χ2n) is 6.63. The number of rotatable bonds is 8. The average Bonchev–Trinajstić information content (AvgIpc) is 3.20. The quantitative estimate of drug-likeness (QED) is 0.463. The van der Waals surface area contributed by atoms with E-state index in [4.69, 9.17) is 16.2 Å². The first-order chi connectivity index (χ1) is 14.0. The maximum Gasteiger partial charge on any atom is 0.237 e. The molecule has 9 heteroatoms. The van der Waals surface area contributed by atoms with Crippen LogP contribution in [0.5, 0.6) is 0 Å². The number of amides is 2. The summed E-state index contributed by atoms with van der Waals surface area (Å²) in [6, 6.07) is 15.0. The lowest BCUT2D eigenvalue weighted by Gasteiger charge is -2.09. The third kappa shape index (κ3) is 3.81. The highest BCUT2D eigenvalue weighted by Crippen LogP contribution is 2.19. The smallest absolute Gasteiger partial charge is 0.237 e. The van der Waals surface area contributed by atoms with E-state index in [-0.39, 0.29) is 26.3 Å². The molecule has 0 unspecified atom stereocenters. The highest BCUT2D eigenvalue weighted by Gasteiger charge is 2.15. The fraction of sp³-hybridized carbons (Fsp3) is 0.200. The summed E-state index contributed by atoms with van der Waals surface area (Å²) in [5.74, 6) is 0.250. The predicted molar refractivity (Wildman–Crippen MR) is 106 cm³/mol. The molecule has 4 aromatic rings. The molecule has 0 atom stereocenters. The lowest BCUT2D eigenvalue weighted by molar-refractivity contribution is -0.119. The molecule has 9 nitrogen and oxygen atoms in total. The summed E-state index contributed by atoms with van der Waals surface area (Å²) < 4.78 is 9.32. The first-order valence-electron chi connectivity index (χ1n) is 9.05. The monoisotopic (exact) mass is 392 g/mol. The van der Waals surface area contributed by atoms with Crippen molar-refractivity contribution in [3.05, 3.63) is 60.2 Å².